The van der Waals surface area contributed by atoms with Crippen LogP contribution in [0.15, 0.2) is 73.3 Å². The Morgan fingerprint density at radius 2 is 1.44 bits per heavy atom. The molecule has 6 nitrogen and oxygen atoms in total. The third-order valence-corrected chi connectivity index (χ3v) is 4.77. The van der Waals surface area contributed by atoms with Crippen LogP contribution in [0, 0.1) is 6.92 Å². The SMILES string of the molecule is Cc1ccc(C(C(=O)NCc2ccncc2)N(Cc2ccncc2)C(=O)C(F)(F)F)cc1. The number of nitrogens with one attached hydrogen (secondary N) is 1. The zero-order valence-electron chi connectivity index (χ0n) is 17.2. The molecule has 9 heteroatoms. The van der Waals surface area contributed by atoms with Crippen LogP contribution in [0.4, 0.5) is 13.2 Å². The maximum absolute atomic E-state index is 13.5. The lowest BCUT2D eigenvalue weighted by Gasteiger charge is -2.32. The van der Waals surface area contributed by atoms with Gasteiger partial charge < -0.3 is 10.2 Å². The van der Waals surface area contributed by atoms with Crippen molar-refractivity contribution in [2.45, 2.75) is 32.2 Å². The minimum absolute atomic E-state index is 0.0764. The van der Waals surface area contributed by atoms with E-state index in [0.29, 0.717) is 10.5 Å². The van der Waals surface area contributed by atoms with E-state index in [-0.39, 0.29) is 12.1 Å². The number of hydrogen-bond donors (Lipinski definition) is 1. The lowest BCUT2D eigenvalue weighted by molar-refractivity contribution is -0.189. The topological polar surface area (TPSA) is 75.2 Å². The van der Waals surface area contributed by atoms with Gasteiger partial charge in [-0.25, -0.2) is 0 Å². The monoisotopic (exact) mass is 442 g/mol. The molecule has 2 heterocycles. The molecule has 166 valence electrons. The molecule has 1 atom stereocenters. The van der Waals surface area contributed by atoms with Crippen LogP contribution in [0.5, 0.6) is 0 Å². The van der Waals surface area contributed by atoms with Crippen molar-refractivity contribution in [1.82, 2.24) is 20.2 Å². The molecule has 0 aliphatic carbocycles. The number of alkyl halides is 3. The smallest absolute Gasteiger partial charge is 0.350 e. The van der Waals surface area contributed by atoms with Crippen molar-refractivity contribution in [2.75, 3.05) is 0 Å². The molecule has 3 rings (SSSR count). The molecule has 0 saturated carbocycles. The van der Waals surface area contributed by atoms with Gasteiger partial charge in [0.25, 0.3) is 0 Å². The molecular weight excluding hydrogens is 421 g/mol. The van der Waals surface area contributed by atoms with E-state index in [1.807, 2.05) is 6.92 Å². The van der Waals surface area contributed by atoms with E-state index in [9.17, 15) is 22.8 Å². The normalized spacial score (nSPS) is 12.1. The number of carbonyl (C=O) groups is 2. The third kappa shape index (κ3) is 5.90. The second-order valence-corrected chi connectivity index (χ2v) is 7.17. The fourth-order valence-electron chi connectivity index (χ4n) is 3.14. The Morgan fingerprint density at radius 3 is 1.97 bits per heavy atom. The quantitative estimate of drug-likeness (QED) is 0.605. The predicted molar refractivity (Wildman–Crippen MR) is 111 cm³/mol. The van der Waals surface area contributed by atoms with Crippen molar-refractivity contribution in [2.24, 2.45) is 0 Å². The molecule has 0 aliphatic rings. The lowest BCUT2D eigenvalue weighted by atomic mass is 10.0. The number of amides is 2. The summed E-state index contributed by atoms with van der Waals surface area (Å²) in [5, 5.41) is 2.64. The average Bonchev–Trinajstić information content (AvgIpc) is 2.78. The number of aromatic nitrogens is 2. The highest BCUT2D eigenvalue weighted by atomic mass is 19.4. The fraction of sp³-hybridized carbons (Fsp3) is 0.217. The Bertz CT molecular complexity index is 1040. The summed E-state index contributed by atoms with van der Waals surface area (Å²) in [4.78, 5) is 33.9. The van der Waals surface area contributed by atoms with Gasteiger partial charge in [0.1, 0.15) is 6.04 Å². The number of carbonyl (C=O) groups excluding carboxylic acids is 2. The molecule has 0 fully saturated rings. The molecule has 2 amide bonds. The van der Waals surface area contributed by atoms with E-state index >= 15 is 0 Å². The number of halogens is 3. The second kappa shape index (κ2) is 10.0. The summed E-state index contributed by atoms with van der Waals surface area (Å²) in [5.41, 5.74) is 2.28. The summed E-state index contributed by atoms with van der Waals surface area (Å²) >= 11 is 0. The minimum atomic E-state index is -5.15. The first kappa shape index (κ1) is 22.9. The van der Waals surface area contributed by atoms with E-state index < -0.39 is 30.6 Å². The van der Waals surface area contributed by atoms with Crippen LogP contribution < -0.4 is 5.32 Å². The van der Waals surface area contributed by atoms with Crippen LogP contribution in [0.2, 0.25) is 0 Å². The summed E-state index contributed by atoms with van der Waals surface area (Å²) in [7, 11) is 0. The maximum atomic E-state index is 13.5. The minimum Gasteiger partial charge on any atom is -0.350 e. The Kier molecular flexibility index (Phi) is 7.19. The number of aryl methyl sites for hydroxylation is 1. The second-order valence-electron chi connectivity index (χ2n) is 7.17. The van der Waals surface area contributed by atoms with Crippen LogP contribution in [-0.4, -0.2) is 32.9 Å². The molecular formula is C23H21F3N4O2. The van der Waals surface area contributed by atoms with E-state index in [1.54, 1.807) is 48.8 Å². The molecule has 3 aromatic rings. The number of hydrogen-bond acceptors (Lipinski definition) is 4. The van der Waals surface area contributed by atoms with Gasteiger partial charge in [0.05, 0.1) is 0 Å². The molecule has 0 aliphatic heterocycles. The highest BCUT2D eigenvalue weighted by Gasteiger charge is 2.46. The van der Waals surface area contributed by atoms with Crippen molar-refractivity contribution in [3.8, 4) is 0 Å². The first-order valence-corrected chi connectivity index (χ1v) is 9.75. The van der Waals surface area contributed by atoms with Crippen LogP contribution in [-0.2, 0) is 22.7 Å². The molecule has 0 bridgehead atoms. The van der Waals surface area contributed by atoms with Crippen molar-refractivity contribution in [3.63, 3.8) is 0 Å². The van der Waals surface area contributed by atoms with Gasteiger partial charge in [-0.1, -0.05) is 29.8 Å². The first-order chi connectivity index (χ1) is 15.3. The first-order valence-electron chi connectivity index (χ1n) is 9.75. The molecule has 0 spiro atoms. The number of rotatable bonds is 7. The van der Waals surface area contributed by atoms with Crippen molar-refractivity contribution in [1.29, 1.82) is 0 Å². The number of nitrogens with zero attached hydrogens (tertiary/aromatic N) is 3. The van der Waals surface area contributed by atoms with E-state index in [1.165, 1.54) is 24.5 Å². The lowest BCUT2D eigenvalue weighted by Crippen LogP contribution is -2.48. The van der Waals surface area contributed by atoms with E-state index in [2.05, 4.69) is 15.3 Å². The Balaban J connectivity index is 1.98. The molecule has 32 heavy (non-hydrogen) atoms. The van der Waals surface area contributed by atoms with Crippen LogP contribution in [0.1, 0.15) is 28.3 Å². The summed E-state index contributed by atoms with van der Waals surface area (Å²) in [6, 6.07) is 11.3. The standard InChI is InChI=1S/C23H21F3N4O2/c1-16-2-4-19(5-3-16)20(21(31)29-14-17-6-10-27-11-7-17)30(22(32)23(24,25)26)15-18-8-12-28-13-9-18/h2-13,20H,14-15H2,1H3,(H,29,31). The van der Waals surface area contributed by atoms with Gasteiger partial charge in [0.15, 0.2) is 0 Å². The molecule has 1 N–H and O–H groups in total. The fourth-order valence-corrected chi connectivity index (χ4v) is 3.14. The Labute approximate surface area is 183 Å². The van der Waals surface area contributed by atoms with Crippen molar-refractivity contribution < 1.29 is 22.8 Å². The largest absolute Gasteiger partial charge is 0.471 e. The molecule has 2 aromatic heterocycles. The summed E-state index contributed by atoms with van der Waals surface area (Å²) in [5.74, 6) is -2.82. The van der Waals surface area contributed by atoms with E-state index in [4.69, 9.17) is 0 Å². The number of pyridine rings is 2. The van der Waals surface area contributed by atoms with Gasteiger partial charge in [0.2, 0.25) is 5.91 Å². The molecule has 0 radical (unpaired) electrons. The van der Waals surface area contributed by atoms with Crippen LogP contribution >= 0.6 is 0 Å². The Morgan fingerprint density at radius 1 is 0.906 bits per heavy atom. The van der Waals surface area contributed by atoms with Gasteiger partial charge in [-0.05, 0) is 47.9 Å². The van der Waals surface area contributed by atoms with E-state index in [0.717, 1.165) is 11.1 Å². The van der Waals surface area contributed by atoms with Crippen molar-refractivity contribution in [3.05, 3.63) is 95.6 Å². The predicted octanol–water partition coefficient (Wildman–Crippen LogP) is 3.73. The third-order valence-electron chi connectivity index (χ3n) is 4.77. The van der Waals surface area contributed by atoms with Crippen LogP contribution in [0.3, 0.4) is 0 Å². The highest BCUT2D eigenvalue weighted by Crippen LogP contribution is 2.29. The van der Waals surface area contributed by atoms with Crippen molar-refractivity contribution >= 4 is 11.8 Å². The van der Waals surface area contributed by atoms with Gasteiger partial charge in [-0.2, -0.15) is 13.2 Å². The summed E-state index contributed by atoms with van der Waals surface area (Å²) in [6.45, 7) is 1.48. The zero-order valence-corrected chi connectivity index (χ0v) is 17.2. The number of benzene rings is 1. The molecule has 1 unspecified atom stereocenters. The van der Waals surface area contributed by atoms with Gasteiger partial charge >= 0.3 is 12.1 Å². The summed E-state index contributed by atoms with van der Waals surface area (Å²) in [6.07, 6.45) is 0.761. The highest BCUT2D eigenvalue weighted by molar-refractivity contribution is 5.90. The average molecular weight is 442 g/mol. The maximum Gasteiger partial charge on any atom is 0.471 e. The van der Waals surface area contributed by atoms with Gasteiger partial charge in [-0.15, -0.1) is 0 Å². The Hall–Kier alpha value is -3.75. The van der Waals surface area contributed by atoms with Crippen LogP contribution in [0.25, 0.3) is 0 Å². The summed E-state index contributed by atoms with van der Waals surface area (Å²) < 4.78 is 40.5. The van der Waals surface area contributed by atoms with Gasteiger partial charge in [0, 0.05) is 37.9 Å². The molecule has 0 saturated heterocycles. The van der Waals surface area contributed by atoms with Gasteiger partial charge in [-0.3, -0.25) is 19.6 Å². The zero-order chi connectivity index (χ0) is 23.1. The molecule has 1 aromatic carbocycles.